The minimum absolute atomic E-state index is 0.0705. The van der Waals surface area contributed by atoms with Crippen molar-refractivity contribution in [1.29, 1.82) is 0 Å². The van der Waals surface area contributed by atoms with Gasteiger partial charge in [0.1, 0.15) is 0 Å². The normalized spacial score (nSPS) is 59.5. The predicted molar refractivity (Wildman–Crippen MR) is 72.6 cm³/mol. The summed E-state index contributed by atoms with van der Waals surface area (Å²) in [6.07, 6.45) is 1.72. The highest BCUT2D eigenvalue weighted by Crippen LogP contribution is 2.58. The molecule has 0 amide bonds. The monoisotopic (exact) mass is 318 g/mol. The van der Waals surface area contributed by atoms with E-state index in [4.69, 9.17) is 14.2 Å². The summed E-state index contributed by atoms with van der Waals surface area (Å²) in [5, 5.41) is 0. The third kappa shape index (κ3) is 1.80. The molecule has 9 atom stereocenters. The number of fused-ring (bicyclic) bond motifs is 1. The Labute approximate surface area is 118 Å². The van der Waals surface area contributed by atoms with E-state index in [1.54, 1.807) is 7.11 Å². The maximum atomic E-state index is 6.25. The van der Waals surface area contributed by atoms with Gasteiger partial charge in [0.15, 0.2) is 6.29 Å². The maximum Gasteiger partial charge on any atom is 0.161 e. The van der Waals surface area contributed by atoms with Gasteiger partial charge in [0.25, 0.3) is 0 Å². The van der Waals surface area contributed by atoms with Gasteiger partial charge in [-0.25, -0.2) is 0 Å². The fraction of sp³-hybridized carbons (Fsp3) is 1.00. The van der Waals surface area contributed by atoms with Crippen molar-refractivity contribution in [1.82, 2.24) is 0 Å². The minimum Gasteiger partial charge on any atom is -0.371 e. The molecule has 0 aromatic rings. The molecule has 3 nitrogen and oxygen atoms in total. The standard InChI is InChI=1S/C14H23BrO3/c1-6-9-5-10-11(6)14(16-4)18-8(3)7(2)17-13(10)12(9)15/h6-14H,5H2,1-4H3/t6-,7-,8+,9+,10-,11+,12+,13+,14+/m0/s1. The van der Waals surface area contributed by atoms with Gasteiger partial charge in [0.2, 0.25) is 0 Å². The lowest BCUT2D eigenvalue weighted by molar-refractivity contribution is -0.252. The average Bonchev–Trinajstić information content (AvgIpc) is 2.81. The van der Waals surface area contributed by atoms with Crippen LogP contribution in [0.2, 0.25) is 0 Å². The molecule has 0 aromatic heterocycles. The van der Waals surface area contributed by atoms with Crippen LogP contribution < -0.4 is 0 Å². The summed E-state index contributed by atoms with van der Waals surface area (Å²) in [4.78, 5) is 0.499. The van der Waals surface area contributed by atoms with Crippen molar-refractivity contribution < 1.29 is 14.2 Å². The zero-order valence-electron chi connectivity index (χ0n) is 11.5. The third-order valence-electron chi connectivity index (χ3n) is 5.39. The summed E-state index contributed by atoms with van der Waals surface area (Å²) < 4.78 is 18.0. The average molecular weight is 319 g/mol. The second-order valence-corrected chi connectivity index (χ2v) is 7.25. The Morgan fingerprint density at radius 3 is 2.33 bits per heavy atom. The summed E-state index contributed by atoms with van der Waals surface area (Å²) in [5.74, 6) is 2.40. The molecule has 18 heavy (non-hydrogen) atoms. The summed E-state index contributed by atoms with van der Waals surface area (Å²) in [6.45, 7) is 6.52. The van der Waals surface area contributed by atoms with E-state index in [9.17, 15) is 0 Å². The van der Waals surface area contributed by atoms with E-state index in [1.165, 1.54) is 6.42 Å². The Bertz CT molecular complexity index is 324. The van der Waals surface area contributed by atoms with Crippen LogP contribution in [0.4, 0.5) is 0 Å². The first-order chi connectivity index (χ1) is 8.54. The predicted octanol–water partition coefficient (Wildman–Crippen LogP) is 2.82. The molecule has 0 N–H and O–H groups in total. The van der Waals surface area contributed by atoms with Gasteiger partial charge >= 0.3 is 0 Å². The molecule has 1 heterocycles. The van der Waals surface area contributed by atoms with Gasteiger partial charge in [0, 0.05) is 17.9 Å². The summed E-state index contributed by atoms with van der Waals surface area (Å²) >= 11 is 3.87. The Morgan fingerprint density at radius 1 is 1.06 bits per heavy atom. The molecule has 3 aliphatic rings. The highest BCUT2D eigenvalue weighted by Gasteiger charge is 2.60. The molecular formula is C14H23BrO3. The molecule has 104 valence electrons. The molecule has 1 aliphatic heterocycles. The summed E-state index contributed by atoms with van der Waals surface area (Å²) in [7, 11) is 1.77. The van der Waals surface area contributed by atoms with Gasteiger partial charge in [-0.15, -0.1) is 0 Å². The van der Waals surface area contributed by atoms with Crippen molar-refractivity contribution in [2.45, 2.75) is 56.6 Å². The highest BCUT2D eigenvalue weighted by atomic mass is 79.9. The van der Waals surface area contributed by atoms with Crippen molar-refractivity contribution in [2.75, 3.05) is 7.11 Å². The first-order valence-electron chi connectivity index (χ1n) is 7.02. The molecule has 0 radical (unpaired) electrons. The van der Waals surface area contributed by atoms with Crippen molar-refractivity contribution in [3.8, 4) is 0 Å². The zero-order chi connectivity index (χ0) is 13.0. The Morgan fingerprint density at radius 2 is 1.72 bits per heavy atom. The van der Waals surface area contributed by atoms with E-state index in [0.29, 0.717) is 34.6 Å². The van der Waals surface area contributed by atoms with E-state index >= 15 is 0 Å². The van der Waals surface area contributed by atoms with Crippen molar-refractivity contribution in [3.63, 3.8) is 0 Å². The summed E-state index contributed by atoms with van der Waals surface area (Å²) in [6, 6.07) is 0. The molecule has 3 rings (SSSR count). The van der Waals surface area contributed by atoms with Crippen LogP contribution in [-0.2, 0) is 14.2 Å². The molecule has 3 fully saturated rings. The minimum atomic E-state index is -0.0705. The van der Waals surface area contributed by atoms with E-state index in [2.05, 4.69) is 36.7 Å². The lowest BCUT2D eigenvalue weighted by Gasteiger charge is -2.45. The fourth-order valence-electron chi connectivity index (χ4n) is 4.22. The first kappa shape index (κ1) is 13.3. The van der Waals surface area contributed by atoms with Crippen LogP contribution in [0.3, 0.4) is 0 Å². The Hall–Kier alpha value is 0.360. The van der Waals surface area contributed by atoms with E-state index < -0.39 is 0 Å². The molecule has 0 aromatic carbocycles. The molecule has 0 spiro atoms. The van der Waals surface area contributed by atoms with Gasteiger partial charge < -0.3 is 14.2 Å². The Balaban J connectivity index is 1.91. The van der Waals surface area contributed by atoms with Gasteiger partial charge in [-0.05, 0) is 38.0 Å². The van der Waals surface area contributed by atoms with Crippen molar-refractivity contribution in [3.05, 3.63) is 0 Å². The van der Waals surface area contributed by atoms with Crippen LogP contribution in [0.1, 0.15) is 27.2 Å². The molecular weight excluding hydrogens is 296 g/mol. The molecule has 0 unspecified atom stereocenters. The molecule has 4 heteroatoms. The number of alkyl halides is 1. The topological polar surface area (TPSA) is 27.7 Å². The Kier molecular flexibility index (Phi) is 3.50. The molecule has 1 saturated heterocycles. The SMILES string of the molecule is CO[C@@H]1O[C@H](C)[C@H](C)O[C@H]2[C@H](Br)[C@@H]3C[C@H]2[C@H]1[C@H]3C. The third-order valence-corrected chi connectivity index (χ3v) is 6.59. The molecule has 2 bridgehead atoms. The quantitative estimate of drug-likeness (QED) is 0.696. The van der Waals surface area contributed by atoms with E-state index in [-0.39, 0.29) is 18.5 Å². The number of halogens is 1. The van der Waals surface area contributed by atoms with Crippen LogP contribution in [-0.4, -0.2) is 36.5 Å². The maximum absolute atomic E-state index is 6.25. The van der Waals surface area contributed by atoms with Gasteiger partial charge in [-0.1, -0.05) is 22.9 Å². The fourth-order valence-corrected chi connectivity index (χ4v) is 5.44. The first-order valence-corrected chi connectivity index (χ1v) is 7.94. The number of hydrogen-bond acceptors (Lipinski definition) is 3. The van der Waals surface area contributed by atoms with Crippen LogP contribution in [0, 0.1) is 23.7 Å². The number of hydrogen-bond donors (Lipinski definition) is 0. The highest BCUT2D eigenvalue weighted by molar-refractivity contribution is 9.09. The zero-order valence-corrected chi connectivity index (χ0v) is 13.1. The lowest BCUT2D eigenvalue weighted by Crippen LogP contribution is -2.51. The van der Waals surface area contributed by atoms with Crippen molar-refractivity contribution >= 4 is 15.9 Å². The van der Waals surface area contributed by atoms with Crippen LogP contribution in [0.15, 0.2) is 0 Å². The van der Waals surface area contributed by atoms with Crippen LogP contribution in [0.25, 0.3) is 0 Å². The second-order valence-electron chi connectivity index (χ2n) is 6.20. The van der Waals surface area contributed by atoms with Gasteiger partial charge in [0.05, 0.1) is 18.3 Å². The molecule has 2 saturated carbocycles. The number of ether oxygens (including phenoxy) is 3. The second kappa shape index (κ2) is 4.72. The smallest absolute Gasteiger partial charge is 0.161 e. The van der Waals surface area contributed by atoms with E-state index in [0.717, 1.165) is 0 Å². The van der Waals surface area contributed by atoms with Gasteiger partial charge in [-0.2, -0.15) is 0 Å². The van der Waals surface area contributed by atoms with Crippen LogP contribution in [0.5, 0.6) is 0 Å². The van der Waals surface area contributed by atoms with Gasteiger partial charge in [-0.3, -0.25) is 0 Å². The number of methoxy groups -OCH3 is 1. The van der Waals surface area contributed by atoms with E-state index in [1.807, 2.05) is 0 Å². The lowest BCUT2D eigenvalue weighted by atomic mass is 9.78. The van der Waals surface area contributed by atoms with Crippen LogP contribution >= 0.6 is 15.9 Å². The number of rotatable bonds is 1. The summed E-state index contributed by atoms with van der Waals surface area (Å²) in [5.41, 5.74) is 0. The largest absolute Gasteiger partial charge is 0.371 e. The molecule has 2 aliphatic carbocycles. The van der Waals surface area contributed by atoms with Crippen molar-refractivity contribution in [2.24, 2.45) is 23.7 Å².